The summed E-state index contributed by atoms with van der Waals surface area (Å²) in [5.41, 5.74) is 2.13. The first-order valence-corrected chi connectivity index (χ1v) is 7.19. The molecule has 1 aromatic heterocycles. The monoisotopic (exact) mass is 317 g/mol. The minimum Gasteiger partial charge on any atom is -0.299 e. The lowest BCUT2D eigenvalue weighted by Gasteiger charge is -2.02. The van der Waals surface area contributed by atoms with Crippen LogP contribution in [0.1, 0.15) is 24.1 Å². The highest BCUT2D eigenvalue weighted by Crippen LogP contribution is 2.10. The summed E-state index contributed by atoms with van der Waals surface area (Å²) in [7, 11) is 0. The Labute approximate surface area is 122 Å². The third-order valence-electron chi connectivity index (χ3n) is 2.93. The van der Waals surface area contributed by atoms with E-state index in [0.29, 0.717) is 12.8 Å². The molecular formula is C16H16BrNO. The fraction of sp³-hybridized carbons (Fsp3) is 0.250. The third-order valence-corrected chi connectivity index (χ3v) is 3.40. The Kier molecular flexibility index (Phi) is 5.28. The number of halogens is 1. The van der Waals surface area contributed by atoms with Crippen LogP contribution in [-0.2, 0) is 17.6 Å². The van der Waals surface area contributed by atoms with Crippen molar-refractivity contribution in [2.24, 2.45) is 0 Å². The van der Waals surface area contributed by atoms with Crippen LogP contribution < -0.4 is 0 Å². The van der Waals surface area contributed by atoms with Crippen LogP contribution >= 0.6 is 15.9 Å². The number of carbonyl (C=O) groups excluding carboxylic acids is 1. The minimum absolute atomic E-state index is 0.255. The molecule has 0 spiro atoms. The summed E-state index contributed by atoms with van der Waals surface area (Å²) in [4.78, 5) is 16.1. The highest BCUT2D eigenvalue weighted by Gasteiger charge is 2.05. The number of pyridine rings is 1. The van der Waals surface area contributed by atoms with Crippen molar-refractivity contribution < 1.29 is 4.79 Å². The predicted octanol–water partition coefficient (Wildman–Crippen LogP) is 3.98. The number of hydrogen-bond donors (Lipinski definition) is 0. The van der Waals surface area contributed by atoms with E-state index in [4.69, 9.17) is 0 Å². The average Bonchev–Trinajstić information content (AvgIpc) is 2.43. The topological polar surface area (TPSA) is 30.0 Å². The minimum atomic E-state index is 0.255. The number of rotatable bonds is 6. The highest BCUT2D eigenvalue weighted by molar-refractivity contribution is 9.10. The van der Waals surface area contributed by atoms with Gasteiger partial charge in [-0.1, -0.05) is 30.3 Å². The first-order chi connectivity index (χ1) is 9.24. The zero-order valence-corrected chi connectivity index (χ0v) is 12.3. The molecular weight excluding hydrogens is 302 g/mol. The summed E-state index contributed by atoms with van der Waals surface area (Å²) in [6, 6.07) is 14.1. The Morgan fingerprint density at radius 2 is 1.89 bits per heavy atom. The van der Waals surface area contributed by atoms with E-state index in [2.05, 4.69) is 33.0 Å². The second-order valence-corrected chi connectivity index (χ2v) is 5.44. The van der Waals surface area contributed by atoms with Gasteiger partial charge in [-0.25, -0.2) is 0 Å². The van der Waals surface area contributed by atoms with Gasteiger partial charge < -0.3 is 0 Å². The van der Waals surface area contributed by atoms with Gasteiger partial charge in [-0.15, -0.1) is 0 Å². The van der Waals surface area contributed by atoms with E-state index in [1.807, 2.05) is 30.3 Å². The van der Waals surface area contributed by atoms with Crippen molar-refractivity contribution in [3.8, 4) is 0 Å². The van der Waals surface area contributed by atoms with Crippen LogP contribution in [-0.4, -0.2) is 10.8 Å². The molecule has 1 aromatic carbocycles. The summed E-state index contributed by atoms with van der Waals surface area (Å²) >= 11 is 3.33. The largest absolute Gasteiger partial charge is 0.299 e. The van der Waals surface area contributed by atoms with Gasteiger partial charge in [-0.2, -0.15) is 0 Å². The molecule has 0 bridgehead atoms. The molecule has 0 saturated carbocycles. The van der Waals surface area contributed by atoms with Crippen LogP contribution in [0, 0.1) is 0 Å². The summed E-state index contributed by atoms with van der Waals surface area (Å²) in [5.74, 6) is 0.255. The molecule has 0 saturated heterocycles. The average molecular weight is 318 g/mol. The number of ketones is 1. The standard InChI is InChI=1S/C16H16BrNO/c17-14-9-10-15(18-12-14)11-16(19)8-4-7-13-5-2-1-3-6-13/h1-3,5-6,9-10,12H,4,7-8,11H2. The van der Waals surface area contributed by atoms with Crippen molar-refractivity contribution in [3.63, 3.8) is 0 Å². The van der Waals surface area contributed by atoms with Gasteiger partial charge in [0.25, 0.3) is 0 Å². The molecule has 0 radical (unpaired) electrons. The molecule has 98 valence electrons. The molecule has 0 unspecified atom stereocenters. The molecule has 0 atom stereocenters. The molecule has 1 heterocycles. The molecule has 2 nitrogen and oxygen atoms in total. The smallest absolute Gasteiger partial charge is 0.138 e. The number of aryl methyl sites for hydroxylation is 1. The number of Topliss-reactive ketones (excluding diaryl/α,β-unsaturated/α-hetero) is 1. The molecule has 0 amide bonds. The van der Waals surface area contributed by atoms with Gasteiger partial charge in [0.15, 0.2) is 0 Å². The van der Waals surface area contributed by atoms with E-state index in [9.17, 15) is 4.79 Å². The number of benzene rings is 1. The van der Waals surface area contributed by atoms with Crippen molar-refractivity contribution in [2.75, 3.05) is 0 Å². The number of hydrogen-bond acceptors (Lipinski definition) is 2. The number of nitrogens with zero attached hydrogens (tertiary/aromatic N) is 1. The van der Waals surface area contributed by atoms with Crippen molar-refractivity contribution in [1.82, 2.24) is 4.98 Å². The van der Waals surface area contributed by atoms with Crippen LogP contribution in [0.25, 0.3) is 0 Å². The Hall–Kier alpha value is -1.48. The van der Waals surface area contributed by atoms with Crippen molar-refractivity contribution in [2.45, 2.75) is 25.7 Å². The van der Waals surface area contributed by atoms with Gasteiger partial charge in [0.05, 0.1) is 0 Å². The Morgan fingerprint density at radius 3 is 2.58 bits per heavy atom. The summed E-state index contributed by atoms with van der Waals surface area (Å²) in [5, 5.41) is 0. The fourth-order valence-corrected chi connectivity index (χ4v) is 2.17. The molecule has 3 heteroatoms. The number of aromatic nitrogens is 1. The molecule has 0 fully saturated rings. The molecule has 0 aliphatic carbocycles. The molecule has 19 heavy (non-hydrogen) atoms. The van der Waals surface area contributed by atoms with Crippen LogP contribution in [0.5, 0.6) is 0 Å². The van der Waals surface area contributed by atoms with Crippen LogP contribution in [0.15, 0.2) is 53.1 Å². The van der Waals surface area contributed by atoms with Crippen LogP contribution in [0.2, 0.25) is 0 Å². The normalized spacial score (nSPS) is 10.4. The zero-order chi connectivity index (χ0) is 13.5. The first kappa shape index (κ1) is 13.9. The lowest BCUT2D eigenvalue weighted by atomic mass is 10.0. The van der Waals surface area contributed by atoms with Gasteiger partial charge in [-0.3, -0.25) is 9.78 Å². The molecule has 2 rings (SSSR count). The van der Waals surface area contributed by atoms with E-state index in [1.54, 1.807) is 6.20 Å². The SMILES string of the molecule is O=C(CCCc1ccccc1)Cc1ccc(Br)cn1. The van der Waals surface area contributed by atoms with E-state index in [1.165, 1.54) is 5.56 Å². The van der Waals surface area contributed by atoms with Crippen molar-refractivity contribution >= 4 is 21.7 Å². The van der Waals surface area contributed by atoms with Crippen molar-refractivity contribution in [1.29, 1.82) is 0 Å². The van der Waals surface area contributed by atoms with Crippen molar-refractivity contribution in [3.05, 3.63) is 64.4 Å². The van der Waals surface area contributed by atoms with E-state index >= 15 is 0 Å². The van der Waals surface area contributed by atoms with Crippen LogP contribution in [0.4, 0.5) is 0 Å². The van der Waals surface area contributed by atoms with E-state index in [0.717, 1.165) is 23.0 Å². The number of carbonyl (C=O) groups is 1. The van der Waals surface area contributed by atoms with Gasteiger partial charge in [0.1, 0.15) is 5.78 Å². The van der Waals surface area contributed by atoms with E-state index < -0.39 is 0 Å². The molecule has 0 N–H and O–H groups in total. The third kappa shape index (κ3) is 4.95. The maximum Gasteiger partial charge on any atom is 0.138 e. The molecule has 0 aliphatic rings. The second kappa shape index (κ2) is 7.19. The predicted molar refractivity (Wildman–Crippen MR) is 80.0 cm³/mol. The zero-order valence-electron chi connectivity index (χ0n) is 10.7. The summed E-state index contributed by atoms with van der Waals surface area (Å²) < 4.78 is 0.938. The quantitative estimate of drug-likeness (QED) is 0.806. The Bertz CT molecular complexity index is 522. The van der Waals surface area contributed by atoms with Gasteiger partial charge in [0, 0.05) is 29.2 Å². The Morgan fingerprint density at radius 1 is 1.11 bits per heavy atom. The Balaban J connectivity index is 1.74. The molecule has 2 aromatic rings. The van der Waals surface area contributed by atoms with Gasteiger partial charge in [0.2, 0.25) is 0 Å². The lowest BCUT2D eigenvalue weighted by Crippen LogP contribution is -2.04. The highest BCUT2D eigenvalue weighted by atomic mass is 79.9. The van der Waals surface area contributed by atoms with Gasteiger partial charge in [-0.05, 0) is 46.5 Å². The summed E-state index contributed by atoms with van der Waals surface area (Å²) in [6.07, 6.45) is 4.64. The van der Waals surface area contributed by atoms with Crippen LogP contribution in [0.3, 0.4) is 0 Å². The fourth-order valence-electron chi connectivity index (χ4n) is 1.94. The lowest BCUT2D eigenvalue weighted by molar-refractivity contribution is -0.118. The maximum absolute atomic E-state index is 11.8. The molecule has 0 aliphatic heterocycles. The maximum atomic E-state index is 11.8. The first-order valence-electron chi connectivity index (χ1n) is 6.40. The second-order valence-electron chi connectivity index (χ2n) is 4.52. The summed E-state index contributed by atoms with van der Waals surface area (Å²) in [6.45, 7) is 0. The van der Waals surface area contributed by atoms with E-state index in [-0.39, 0.29) is 5.78 Å². The van der Waals surface area contributed by atoms with Gasteiger partial charge >= 0.3 is 0 Å².